The van der Waals surface area contributed by atoms with Gasteiger partial charge in [-0.15, -0.1) is 0 Å². The average molecular weight is 1760 g/mol. The molecule has 0 N–H and O–H groups in total. The zero-order valence-electron chi connectivity index (χ0n) is 75.3. The minimum absolute atomic E-state index is 0.494. The Morgan fingerprint density at radius 2 is 0.304 bits per heavy atom. The van der Waals surface area contributed by atoms with Crippen LogP contribution in [-0.2, 0) is 0 Å². The van der Waals surface area contributed by atoms with E-state index in [9.17, 15) is 0 Å². The first-order chi connectivity index (χ1) is 68.4. The topological polar surface area (TPSA) is 63.2 Å². The zero-order chi connectivity index (χ0) is 91.4. The molecule has 9 nitrogen and oxygen atoms in total. The Balaban J connectivity index is 0.670. The highest BCUT2D eigenvalue weighted by Crippen LogP contribution is 2.48. The summed E-state index contributed by atoms with van der Waals surface area (Å²) < 4.78 is 7.17. The number of rotatable bonds is 21. The van der Waals surface area contributed by atoms with Gasteiger partial charge in [-0.1, -0.05) is 364 Å². The third kappa shape index (κ3) is 15.2. The standard InChI is InChI=1S/C129H87N9/c1-7-28-88(29-8-1)91-52-58-94(59-53-91)97-64-70-106(71-65-97)133(112-76-79-118-115-46-19-22-49-121(115)136(124(118)85-112)103-37-13-4-14-38-103)109-43-25-34-100(82-109)127-130-128(101-35-26-44-110(83-101)134(107-72-66-98(67-73-107)95-60-54-92(55-61-95)89-30-9-2-10-31-89)113-77-80-119-116-47-20-23-50-122(116)137(125(119)86-113)104-39-15-5-16-40-104)132-129(131-127)102-36-27-45-111(84-102)135(108-74-68-99(69-75-108)96-62-56-93(57-63-96)90-32-11-3-12-33-90)114-78-81-120-117-48-21-24-51-123(117)138(126(120)87-114)105-41-17-6-18-42-105/h1-87H. The van der Waals surface area contributed by atoms with E-state index in [4.69, 9.17) is 15.0 Å². The number of anilines is 9. The maximum atomic E-state index is 5.76. The molecule has 0 fully saturated rings. The molecule has 25 rings (SSSR count). The monoisotopic (exact) mass is 1760 g/mol. The molecule has 4 heterocycles. The summed E-state index contributed by atoms with van der Waals surface area (Å²) in [6, 6.07) is 190. The molecule has 4 aromatic heterocycles. The average Bonchev–Trinajstić information content (AvgIpc) is 1.62. The van der Waals surface area contributed by atoms with Gasteiger partial charge in [0.15, 0.2) is 17.5 Å². The summed E-state index contributed by atoms with van der Waals surface area (Å²) in [6.45, 7) is 0. The fourth-order valence-electron chi connectivity index (χ4n) is 20.2. The van der Waals surface area contributed by atoms with Crippen LogP contribution in [0.25, 0.3) is 183 Å². The molecule has 138 heavy (non-hydrogen) atoms. The highest BCUT2D eigenvalue weighted by molar-refractivity contribution is 6.13. The predicted octanol–water partition coefficient (Wildman–Crippen LogP) is 34.6. The third-order valence-electron chi connectivity index (χ3n) is 26.9. The summed E-state index contributed by atoms with van der Waals surface area (Å²) in [7, 11) is 0. The number of benzene rings is 21. The second-order valence-electron chi connectivity index (χ2n) is 35.1. The number of hydrogen-bond acceptors (Lipinski definition) is 6. The van der Waals surface area contributed by atoms with Gasteiger partial charge in [0, 0.05) is 117 Å². The Hall–Kier alpha value is -18.6. The lowest BCUT2D eigenvalue weighted by atomic mass is 10.00. The largest absolute Gasteiger partial charge is 0.310 e. The number of para-hydroxylation sites is 6. The van der Waals surface area contributed by atoms with Crippen molar-refractivity contribution < 1.29 is 0 Å². The van der Waals surface area contributed by atoms with Crippen molar-refractivity contribution in [3.63, 3.8) is 0 Å². The first kappa shape index (κ1) is 81.4. The van der Waals surface area contributed by atoms with E-state index >= 15 is 0 Å². The lowest BCUT2D eigenvalue weighted by molar-refractivity contribution is 1.07. The second kappa shape index (κ2) is 35.2. The van der Waals surface area contributed by atoms with Crippen LogP contribution < -0.4 is 14.7 Å². The molecule has 0 aliphatic rings. The SMILES string of the molecule is c1ccc(-c2ccc(-c3ccc(N(c4cccc(-c5nc(-c6cccc(N(c7ccc(-c8ccc(-c9ccccc9)cc8)cc7)c7ccc8c9ccccc9n(-c9ccccc9)c8c7)c6)nc(-c6cccc(N(c7ccc(-c8ccc(-c9ccccc9)cc8)cc7)c7ccc8c9ccccc9n(-c9ccccc9)c8c7)c6)n5)c4)c4ccc5c6ccccc6n(-c6ccccc6)c5c4)cc3)cc2)cc1. The number of aromatic nitrogens is 6. The molecule has 0 amide bonds. The Bertz CT molecular complexity index is 7980. The molecule has 0 aliphatic heterocycles. The van der Waals surface area contributed by atoms with Gasteiger partial charge in [0.1, 0.15) is 0 Å². The molecule has 9 heteroatoms. The normalized spacial score (nSPS) is 11.5. The summed E-state index contributed by atoms with van der Waals surface area (Å²) in [5.41, 5.74) is 34.6. The second-order valence-corrected chi connectivity index (χ2v) is 35.1. The summed E-state index contributed by atoms with van der Waals surface area (Å²) in [5, 5.41) is 7.01. The highest BCUT2D eigenvalue weighted by atomic mass is 15.2. The minimum Gasteiger partial charge on any atom is -0.310 e. The number of hydrogen-bond donors (Lipinski definition) is 0. The van der Waals surface area contributed by atoms with Crippen LogP contribution in [0.2, 0.25) is 0 Å². The van der Waals surface area contributed by atoms with Crippen molar-refractivity contribution in [3.8, 4) is 118 Å². The van der Waals surface area contributed by atoms with Crippen molar-refractivity contribution in [1.29, 1.82) is 0 Å². The zero-order valence-corrected chi connectivity index (χ0v) is 75.3. The molecule has 0 radical (unpaired) electrons. The molecule has 0 bridgehead atoms. The van der Waals surface area contributed by atoms with Crippen LogP contribution in [-0.4, -0.2) is 28.7 Å². The van der Waals surface area contributed by atoms with Gasteiger partial charge < -0.3 is 28.4 Å². The van der Waals surface area contributed by atoms with E-state index in [0.29, 0.717) is 17.5 Å². The van der Waals surface area contributed by atoms with Gasteiger partial charge in [0.25, 0.3) is 0 Å². The molecule has 0 aliphatic carbocycles. The van der Waals surface area contributed by atoms with E-state index in [1.54, 1.807) is 0 Å². The number of fused-ring (bicyclic) bond motifs is 9. The summed E-state index contributed by atoms with van der Waals surface area (Å²) in [5.74, 6) is 1.48. The molecule has 25 aromatic rings. The molecular weight excluding hydrogens is 1680 g/mol. The first-order valence-electron chi connectivity index (χ1n) is 46.9. The van der Waals surface area contributed by atoms with E-state index in [1.807, 2.05) is 0 Å². The lowest BCUT2D eigenvalue weighted by Gasteiger charge is -2.27. The van der Waals surface area contributed by atoms with Crippen molar-refractivity contribution in [3.05, 3.63) is 528 Å². The Morgan fingerprint density at radius 1 is 0.123 bits per heavy atom. The molecule has 0 saturated carbocycles. The van der Waals surface area contributed by atoms with Crippen molar-refractivity contribution in [2.24, 2.45) is 0 Å². The summed E-state index contributed by atoms with van der Waals surface area (Å²) in [4.78, 5) is 24.4. The summed E-state index contributed by atoms with van der Waals surface area (Å²) in [6.07, 6.45) is 0. The molecule has 0 atom stereocenters. The van der Waals surface area contributed by atoms with Gasteiger partial charge in [-0.25, -0.2) is 15.0 Å². The van der Waals surface area contributed by atoms with E-state index in [2.05, 4.69) is 556 Å². The van der Waals surface area contributed by atoms with Crippen molar-refractivity contribution in [2.75, 3.05) is 14.7 Å². The van der Waals surface area contributed by atoms with Gasteiger partial charge in [-0.2, -0.15) is 0 Å². The molecule has 0 unspecified atom stereocenters. The van der Waals surface area contributed by atoms with Crippen molar-refractivity contribution in [2.45, 2.75) is 0 Å². The smallest absolute Gasteiger partial charge is 0.164 e. The highest BCUT2D eigenvalue weighted by Gasteiger charge is 2.26. The lowest BCUT2D eigenvalue weighted by Crippen LogP contribution is -2.11. The van der Waals surface area contributed by atoms with E-state index < -0.39 is 0 Å². The van der Waals surface area contributed by atoms with Crippen LogP contribution in [0.3, 0.4) is 0 Å². The van der Waals surface area contributed by atoms with E-state index in [1.165, 1.54) is 49.5 Å². The fraction of sp³-hybridized carbons (Fsp3) is 0. The van der Waals surface area contributed by atoms with Crippen molar-refractivity contribution >= 4 is 117 Å². The van der Waals surface area contributed by atoms with Crippen LogP contribution in [0.1, 0.15) is 0 Å². The van der Waals surface area contributed by atoms with Gasteiger partial charge in [-0.3, -0.25) is 0 Å². The summed E-state index contributed by atoms with van der Waals surface area (Å²) >= 11 is 0. The van der Waals surface area contributed by atoms with Crippen molar-refractivity contribution in [1.82, 2.24) is 28.7 Å². The number of nitrogens with zero attached hydrogens (tertiary/aromatic N) is 9. The van der Waals surface area contributed by atoms with Crippen LogP contribution in [0, 0.1) is 0 Å². The Labute approximate surface area is 800 Å². The van der Waals surface area contributed by atoms with Gasteiger partial charge in [0.05, 0.1) is 33.1 Å². The van der Waals surface area contributed by atoms with Crippen LogP contribution in [0.4, 0.5) is 51.2 Å². The van der Waals surface area contributed by atoms with E-state index in [0.717, 1.165) is 168 Å². The van der Waals surface area contributed by atoms with Gasteiger partial charge in [-0.05, 0) is 231 Å². The quantitative estimate of drug-likeness (QED) is 0.0714. The van der Waals surface area contributed by atoms with Crippen LogP contribution in [0.5, 0.6) is 0 Å². The molecule has 0 saturated heterocycles. The fourth-order valence-corrected chi connectivity index (χ4v) is 20.2. The van der Waals surface area contributed by atoms with E-state index in [-0.39, 0.29) is 0 Å². The van der Waals surface area contributed by atoms with Crippen LogP contribution >= 0.6 is 0 Å². The molecule has 648 valence electrons. The maximum Gasteiger partial charge on any atom is 0.164 e. The molecular formula is C129H87N9. The molecule has 21 aromatic carbocycles. The minimum atomic E-state index is 0.494. The van der Waals surface area contributed by atoms with Gasteiger partial charge >= 0.3 is 0 Å². The maximum absolute atomic E-state index is 5.76. The van der Waals surface area contributed by atoms with Gasteiger partial charge in [0.2, 0.25) is 0 Å². The first-order valence-corrected chi connectivity index (χ1v) is 46.9. The van der Waals surface area contributed by atoms with Crippen LogP contribution in [0.15, 0.2) is 528 Å². The predicted molar refractivity (Wildman–Crippen MR) is 576 cm³/mol. The molecule has 0 spiro atoms. The third-order valence-corrected chi connectivity index (χ3v) is 26.9. The Morgan fingerprint density at radius 3 is 0.551 bits per heavy atom. The Kier molecular flexibility index (Phi) is 20.8.